The van der Waals surface area contributed by atoms with Crippen LogP contribution in [-0.4, -0.2) is 34.4 Å². The number of Topliss-reactive ketones (excluding diaryl/α,β-unsaturated/α-hetero) is 1. The van der Waals surface area contributed by atoms with Crippen LogP contribution in [0.5, 0.6) is 0 Å². The van der Waals surface area contributed by atoms with Gasteiger partial charge in [-0.1, -0.05) is 20.8 Å². The third kappa shape index (κ3) is 5.24. The number of hydrogen-bond donors (Lipinski definition) is 2. The van der Waals surface area contributed by atoms with Crippen molar-refractivity contribution in [3.63, 3.8) is 0 Å². The molecule has 0 aliphatic rings. The monoisotopic (exact) mass is 219 g/mol. The van der Waals surface area contributed by atoms with E-state index in [1.54, 1.807) is 0 Å². The van der Waals surface area contributed by atoms with E-state index in [1.807, 2.05) is 20.8 Å². The number of thioether (sulfide) groups is 1. The zero-order valence-corrected chi connectivity index (χ0v) is 9.56. The van der Waals surface area contributed by atoms with Gasteiger partial charge in [-0.3, -0.25) is 9.59 Å². The van der Waals surface area contributed by atoms with E-state index in [4.69, 9.17) is 10.8 Å². The molecule has 0 aliphatic heterocycles. The lowest BCUT2D eigenvalue weighted by Crippen LogP contribution is -2.33. The fraction of sp³-hybridized carbons (Fsp3) is 0.778. The molecule has 4 nitrogen and oxygen atoms in total. The maximum atomic E-state index is 11.4. The Morgan fingerprint density at radius 2 is 1.93 bits per heavy atom. The highest BCUT2D eigenvalue weighted by Crippen LogP contribution is 2.17. The summed E-state index contributed by atoms with van der Waals surface area (Å²) in [5.41, 5.74) is 4.92. The van der Waals surface area contributed by atoms with Crippen LogP contribution in [0.2, 0.25) is 0 Å². The number of carboxylic acid groups (broad SMARTS) is 1. The summed E-state index contributed by atoms with van der Waals surface area (Å²) in [5, 5.41) is 8.48. The second-order valence-electron chi connectivity index (χ2n) is 4.13. The molecule has 1 unspecified atom stereocenters. The minimum atomic E-state index is -1.03. The molecule has 0 radical (unpaired) electrons. The smallest absolute Gasteiger partial charge is 0.321 e. The van der Waals surface area contributed by atoms with Crippen LogP contribution >= 0.6 is 11.8 Å². The second-order valence-corrected chi connectivity index (χ2v) is 5.16. The summed E-state index contributed by atoms with van der Waals surface area (Å²) in [6, 6.07) is -0.882. The Kier molecular flexibility index (Phi) is 5.15. The fourth-order valence-corrected chi connectivity index (χ4v) is 1.70. The Morgan fingerprint density at radius 3 is 2.29 bits per heavy atom. The van der Waals surface area contributed by atoms with Crippen molar-refractivity contribution < 1.29 is 14.7 Å². The lowest BCUT2D eigenvalue weighted by Gasteiger charge is -2.16. The highest BCUT2D eigenvalue weighted by atomic mass is 32.2. The van der Waals surface area contributed by atoms with Gasteiger partial charge in [-0.25, -0.2) is 0 Å². The minimum absolute atomic E-state index is 0.111. The fourth-order valence-electron chi connectivity index (χ4n) is 0.566. The first-order chi connectivity index (χ1) is 6.25. The van der Waals surface area contributed by atoms with Crippen LogP contribution in [0.15, 0.2) is 0 Å². The SMILES string of the molecule is CC(C)(C)C(=O)CSCC(N)C(=O)O. The van der Waals surface area contributed by atoms with E-state index in [0.29, 0.717) is 5.75 Å². The molecule has 5 heteroatoms. The maximum absolute atomic E-state index is 11.4. The lowest BCUT2D eigenvalue weighted by atomic mass is 9.92. The number of hydrogen-bond acceptors (Lipinski definition) is 4. The van der Waals surface area contributed by atoms with E-state index in [-0.39, 0.29) is 17.0 Å². The molecule has 0 spiro atoms. The normalized spacial score (nSPS) is 13.7. The van der Waals surface area contributed by atoms with Gasteiger partial charge >= 0.3 is 5.97 Å². The molecular formula is C9H17NO3S. The van der Waals surface area contributed by atoms with Crippen molar-refractivity contribution in [3.05, 3.63) is 0 Å². The molecule has 0 aliphatic carbocycles. The molecule has 0 heterocycles. The summed E-state index contributed by atoms with van der Waals surface area (Å²) < 4.78 is 0. The van der Waals surface area contributed by atoms with Crippen LogP contribution in [0.3, 0.4) is 0 Å². The van der Waals surface area contributed by atoms with Gasteiger partial charge in [-0.05, 0) is 0 Å². The number of rotatable bonds is 5. The predicted molar refractivity (Wildman–Crippen MR) is 57.4 cm³/mol. The molecule has 82 valence electrons. The zero-order valence-electron chi connectivity index (χ0n) is 8.74. The number of carbonyl (C=O) groups excluding carboxylic acids is 1. The van der Waals surface area contributed by atoms with Gasteiger partial charge in [-0.15, -0.1) is 0 Å². The molecular weight excluding hydrogens is 202 g/mol. The van der Waals surface area contributed by atoms with Crippen molar-refractivity contribution in [1.82, 2.24) is 0 Å². The van der Waals surface area contributed by atoms with Crippen molar-refractivity contribution in [2.24, 2.45) is 11.1 Å². The molecule has 0 amide bonds. The first-order valence-electron chi connectivity index (χ1n) is 4.34. The van der Waals surface area contributed by atoms with Crippen LogP contribution in [0.4, 0.5) is 0 Å². The molecule has 0 aromatic carbocycles. The van der Waals surface area contributed by atoms with Crippen molar-refractivity contribution >= 4 is 23.5 Å². The molecule has 1 atom stereocenters. The first-order valence-corrected chi connectivity index (χ1v) is 5.50. The third-order valence-electron chi connectivity index (χ3n) is 1.68. The van der Waals surface area contributed by atoms with Crippen LogP contribution in [-0.2, 0) is 9.59 Å². The number of carbonyl (C=O) groups is 2. The standard InChI is InChI=1S/C9H17NO3S/c1-9(2,3)7(11)5-14-4-6(10)8(12)13/h6H,4-5,10H2,1-3H3,(H,12,13). The van der Waals surface area contributed by atoms with Crippen molar-refractivity contribution in [3.8, 4) is 0 Å². The van der Waals surface area contributed by atoms with Gasteiger partial charge in [0.25, 0.3) is 0 Å². The van der Waals surface area contributed by atoms with Crippen molar-refractivity contribution in [1.29, 1.82) is 0 Å². The number of ketones is 1. The van der Waals surface area contributed by atoms with Gasteiger partial charge in [0.15, 0.2) is 0 Å². The summed E-state index contributed by atoms with van der Waals surface area (Å²) in [5.74, 6) is -0.317. The maximum Gasteiger partial charge on any atom is 0.321 e. The van der Waals surface area contributed by atoms with Gasteiger partial charge in [0.05, 0.1) is 5.75 Å². The first kappa shape index (κ1) is 13.4. The number of nitrogens with two attached hydrogens (primary N) is 1. The Morgan fingerprint density at radius 1 is 1.43 bits per heavy atom. The summed E-state index contributed by atoms with van der Waals surface area (Å²) in [6.07, 6.45) is 0. The van der Waals surface area contributed by atoms with Crippen LogP contribution in [0, 0.1) is 5.41 Å². The zero-order chi connectivity index (χ0) is 11.4. The van der Waals surface area contributed by atoms with E-state index in [9.17, 15) is 9.59 Å². The third-order valence-corrected chi connectivity index (χ3v) is 2.75. The molecule has 0 aromatic rings. The molecule has 0 saturated carbocycles. The minimum Gasteiger partial charge on any atom is -0.480 e. The number of carboxylic acids is 1. The quantitative estimate of drug-likeness (QED) is 0.713. The van der Waals surface area contributed by atoms with Crippen molar-refractivity contribution in [2.75, 3.05) is 11.5 Å². The number of aliphatic carboxylic acids is 1. The van der Waals surface area contributed by atoms with Crippen LogP contribution < -0.4 is 5.73 Å². The average Bonchev–Trinajstić information content (AvgIpc) is 2.01. The Hall–Kier alpha value is -0.550. The van der Waals surface area contributed by atoms with E-state index in [1.165, 1.54) is 11.8 Å². The summed E-state index contributed by atoms with van der Waals surface area (Å²) in [7, 11) is 0. The lowest BCUT2D eigenvalue weighted by molar-refractivity contribution is -0.138. The Bertz CT molecular complexity index is 223. The summed E-state index contributed by atoms with van der Waals surface area (Å²) in [4.78, 5) is 21.8. The van der Waals surface area contributed by atoms with E-state index < -0.39 is 12.0 Å². The van der Waals surface area contributed by atoms with E-state index in [2.05, 4.69) is 0 Å². The topological polar surface area (TPSA) is 80.4 Å². The van der Waals surface area contributed by atoms with Gasteiger partial charge in [0.1, 0.15) is 11.8 Å². The van der Waals surface area contributed by atoms with Gasteiger partial charge in [0.2, 0.25) is 0 Å². The van der Waals surface area contributed by atoms with Crippen LogP contribution in [0.1, 0.15) is 20.8 Å². The van der Waals surface area contributed by atoms with E-state index in [0.717, 1.165) is 0 Å². The highest BCUT2D eigenvalue weighted by Gasteiger charge is 2.21. The predicted octanol–water partition coefficient (Wildman–Crippen LogP) is 0.747. The van der Waals surface area contributed by atoms with Gasteiger partial charge < -0.3 is 10.8 Å². The largest absolute Gasteiger partial charge is 0.480 e. The molecule has 0 fully saturated rings. The Balaban J connectivity index is 3.76. The Labute approximate surface area is 88.2 Å². The molecule has 0 rings (SSSR count). The molecule has 0 bridgehead atoms. The molecule has 0 saturated heterocycles. The van der Waals surface area contributed by atoms with Crippen molar-refractivity contribution in [2.45, 2.75) is 26.8 Å². The average molecular weight is 219 g/mol. The second kappa shape index (κ2) is 5.36. The molecule has 14 heavy (non-hydrogen) atoms. The van der Waals surface area contributed by atoms with Gasteiger partial charge in [-0.2, -0.15) is 11.8 Å². The van der Waals surface area contributed by atoms with E-state index >= 15 is 0 Å². The van der Waals surface area contributed by atoms with Gasteiger partial charge in [0, 0.05) is 11.2 Å². The molecule has 3 N–H and O–H groups in total. The molecule has 0 aromatic heterocycles. The summed E-state index contributed by atoms with van der Waals surface area (Å²) in [6.45, 7) is 5.52. The summed E-state index contributed by atoms with van der Waals surface area (Å²) >= 11 is 1.27. The van der Waals surface area contributed by atoms with Crippen LogP contribution in [0.25, 0.3) is 0 Å². The highest BCUT2D eigenvalue weighted by molar-refractivity contribution is 8.00.